The molecular formula is C12H10N2O6. The molecule has 2 N–H and O–H groups in total. The number of nitrogens with zero attached hydrogens (tertiary/aromatic N) is 1. The molecule has 0 fully saturated rings. The molecule has 0 atom stereocenters. The van der Waals surface area contributed by atoms with Crippen LogP contribution in [0.15, 0.2) is 30.5 Å². The van der Waals surface area contributed by atoms with Gasteiger partial charge in [0.1, 0.15) is 0 Å². The van der Waals surface area contributed by atoms with Crippen LogP contribution in [0.1, 0.15) is 27.6 Å². The minimum absolute atomic E-state index is 0.196. The summed E-state index contributed by atoms with van der Waals surface area (Å²) in [4.78, 5) is 43.4. The van der Waals surface area contributed by atoms with E-state index in [0.717, 1.165) is 18.2 Å². The molecule has 1 aromatic carbocycles. The van der Waals surface area contributed by atoms with Gasteiger partial charge < -0.3 is 10.4 Å². The number of Topliss-reactive ketones (excluding diaryl/α,β-unsaturated/α-hetero) is 1. The lowest BCUT2D eigenvalue weighted by Gasteiger charge is -2.06. The van der Waals surface area contributed by atoms with E-state index in [4.69, 9.17) is 5.11 Å². The summed E-state index contributed by atoms with van der Waals surface area (Å²) in [5.41, 5.74) is -1.39. The summed E-state index contributed by atoms with van der Waals surface area (Å²) in [6.07, 6.45) is 0. The average molecular weight is 278 g/mol. The third-order valence-corrected chi connectivity index (χ3v) is 2.33. The van der Waals surface area contributed by atoms with E-state index in [2.05, 4.69) is 11.9 Å². The second kappa shape index (κ2) is 5.74. The number of hydrogen-bond acceptors (Lipinski definition) is 5. The number of carbonyl (C=O) groups is 3. The number of hydrogen-bond donors (Lipinski definition) is 2. The Labute approximate surface area is 112 Å². The van der Waals surface area contributed by atoms with Crippen LogP contribution < -0.4 is 5.32 Å². The maximum Gasteiger partial charge on any atom is 0.335 e. The second-order valence-corrected chi connectivity index (χ2v) is 3.82. The molecule has 104 valence electrons. The molecule has 0 spiro atoms. The van der Waals surface area contributed by atoms with Gasteiger partial charge in [0.05, 0.1) is 16.2 Å². The summed E-state index contributed by atoms with van der Waals surface area (Å²) in [5.74, 6) is -2.74. The lowest BCUT2D eigenvalue weighted by molar-refractivity contribution is -0.384. The van der Waals surface area contributed by atoms with Crippen molar-refractivity contribution in [3.63, 3.8) is 0 Å². The molecule has 0 aliphatic heterocycles. The minimum Gasteiger partial charge on any atom is -0.478 e. The number of rotatable bonds is 5. The first-order chi connectivity index (χ1) is 9.22. The van der Waals surface area contributed by atoms with E-state index in [0.29, 0.717) is 0 Å². The number of ketones is 1. The number of amides is 1. The van der Waals surface area contributed by atoms with Gasteiger partial charge in [-0.05, 0) is 6.07 Å². The molecule has 0 saturated carbocycles. The predicted molar refractivity (Wildman–Crippen MR) is 67.3 cm³/mol. The SMILES string of the molecule is C=C(NC(=O)c1cc(C(=O)O)cc([N+](=O)[O-])c1)C(C)=O. The molecule has 20 heavy (non-hydrogen) atoms. The van der Waals surface area contributed by atoms with Crippen LogP contribution in [0.4, 0.5) is 5.69 Å². The summed E-state index contributed by atoms with van der Waals surface area (Å²) in [7, 11) is 0. The molecule has 0 aliphatic rings. The van der Waals surface area contributed by atoms with Gasteiger partial charge in [0, 0.05) is 24.6 Å². The van der Waals surface area contributed by atoms with Crippen molar-refractivity contribution in [3.8, 4) is 0 Å². The van der Waals surface area contributed by atoms with E-state index >= 15 is 0 Å². The average Bonchev–Trinajstić information content (AvgIpc) is 2.37. The molecule has 0 heterocycles. The van der Waals surface area contributed by atoms with Crippen LogP contribution in [-0.2, 0) is 4.79 Å². The fourth-order valence-corrected chi connectivity index (χ4v) is 1.27. The zero-order valence-corrected chi connectivity index (χ0v) is 10.4. The number of carbonyl (C=O) groups excluding carboxylic acids is 2. The predicted octanol–water partition coefficient (Wildman–Crippen LogP) is 1.13. The van der Waals surface area contributed by atoms with Crippen LogP contribution in [0.25, 0.3) is 0 Å². The van der Waals surface area contributed by atoms with E-state index < -0.39 is 33.8 Å². The maximum atomic E-state index is 11.8. The van der Waals surface area contributed by atoms with Gasteiger partial charge in [0.25, 0.3) is 11.6 Å². The zero-order chi connectivity index (χ0) is 15.4. The van der Waals surface area contributed by atoms with Gasteiger partial charge in [-0.2, -0.15) is 0 Å². The van der Waals surface area contributed by atoms with Gasteiger partial charge in [-0.15, -0.1) is 0 Å². The fourth-order valence-electron chi connectivity index (χ4n) is 1.27. The zero-order valence-electron chi connectivity index (χ0n) is 10.4. The molecule has 0 aromatic heterocycles. The van der Waals surface area contributed by atoms with Gasteiger partial charge in [0.2, 0.25) is 0 Å². The smallest absolute Gasteiger partial charge is 0.335 e. The molecule has 0 saturated heterocycles. The summed E-state index contributed by atoms with van der Waals surface area (Å²) in [6, 6.07) is 2.71. The largest absolute Gasteiger partial charge is 0.478 e. The van der Waals surface area contributed by atoms with E-state index in [1.807, 2.05) is 0 Å². The van der Waals surface area contributed by atoms with Gasteiger partial charge in [-0.3, -0.25) is 19.7 Å². The number of nitrogens with one attached hydrogen (secondary N) is 1. The molecule has 0 radical (unpaired) electrons. The Bertz CT molecular complexity index is 603. The monoisotopic (exact) mass is 278 g/mol. The number of nitro benzene ring substituents is 1. The molecule has 1 aromatic rings. The Morgan fingerprint density at radius 3 is 2.25 bits per heavy atom. The van der Waals surface area contributed by atoms with E-state index in [1.54, 1.807) is 0 Å². The molecule has 0 aliphatic carbocycles. The minimum atomic E-state index is -1.41. The van der Waals surface area contributed by atoms with Crippen molar-refractivity contribution in [1.29, 1.82) is 0 Å². The highest BCUT2D eigenvalue weighted by atomic mass is 16.6. The van der Waals surface area contributed by atoms with E-state index in [9.17, 15) is 24.5 Å². The van der Waals surface area contributed by atoms with Gasteiger partial charge in [-0.25, -0.2) is 4.79 Å². The highest BCUT2D eigenvalue weighted by Crippen LogP contribution is 2.17. The van der Waals surface area contributed by atoms with Crippen molar-refractivity contribution in [2.75, 3.05) is 0 Å². The van der Waals surface area contributed by atoms with Crippen LogP contribution in [0.5, 0.6) is 0 Å². The first-order valence-electron chi connectivity index (χ1n) is 5.26. The third-order valence-electron chi connectivity index (χ3n) is 2.33. The van der Waals surface area contributed by atoms with Crippen molar-refractivity contribution < 1.29 is 24.4 Å². The lowest BCUT2D eigenvalue weighted by Crippen LogP contribution is -2.25. The van der Waals surface area contributed by atoms with Gasteiger partial charge in [0.15, 0.2) is 5.78 Å². The summed E-state index contributed by atoms with van der Waals surface area (Å²) < 4.78 is 0. The summed E-state index contributed by atoms with van der Waals surface area (Å²) in [5, 5.41) is 21.7. The first kappa shape index (κ1) is 15.0. The number of allylic oxidation sites excluding steroid dienone is 1. The quantitative estimate of drug-likeness (QED) is 0.472. The fraction of sp³-hybridized carbons (Fsp3) is 0.0833. The summed E-state index contributed by atoms with van der Waals surface area (Å²) in [6.45, 7) is 4.48. The molecule has 8 heteroatoms. The van der Waals surface area contributed by atoms with Crippen LogP contribution >= 0.6 is 0 Å². The topological polar surface area (TPSA) is 127 Å². The molecule has 1 amide bonds. The number of aromatic carboxylic acids is 1. The van der Waals surface area contributed by atoms with Crippen LogP contribution in [0.3, 0.4) is 0 Å². The second-order valence-electron chi connectivity index (χ2n) is 3.82. The van der Waals surface area contributed by atoms with Crippen molar-refractivity contribution >= 4 is 23.3 Å². The van der Waals surface area contributed by atoms with Crippen molar-refractivity contribution in [1.82, 2.24) is 5.32 Å². The number of nitro groups is 1. The van der Waals surface area contributed by atoms with Crippen molar-refractivity contribution in [2.45, 2.75) is 6.92 Å². The van der Waals surface area contributed by atoms with Crippen LogP contribution in [0.2, 0.25) is 0 Å². The highest BCUT2D eigenvalue weighted by molar-refractivity contribution is 6.03. The van der Waals surface area contributed by atoms with Gasteiger partial charge >= 0.3 is 5.97 Å². The molecule has 0 bridgehead atoms. The Morgan fingerprint density at radius 2 is 1.80 bits per heavy atom. The Balaban J connectivity index is 3.20. The van der Waals surface area contributed by atoms with E-state index in [1.165, 1.54) is 6.92 Å². The van der Waals surface area contributed by atoms with Crippen molar-refractivity contribution in [3.05, 3.63) is 51.7 Å². The molecule has 0 unspecified atom stereocenters. The number of carboxylic acid groups (broad SMARTS) is 1. The van der Waals surface area contributed by atoms with E-state index in [-0.39, 0.29) is 11.3 Å². The van der Waals surface area contributed by atoms with Gasteiger partial charge in [-0.1, -0.05) is 6.58 Å². The number of carboxylic acids is 1. The number of benzene rings is 1. The lowest BCUT2D eigenvalue weighted by atomic mass is 10.1. The Kier molecular flexibility index (Phi) is 4.31. The standard InChI is InChI=1S/C12H10N2O6/c1-6(7(2)15)13-11(16)8-3-9(12(17)18)5-10(4-8)14(19)20/h3-5H,1H2,2H3,(H,13,16)(H,17,18). The first-order valence-corrected chi connectivity index (χ1v) is 5.26. The third kappa shape index (κ3) is 3.48. The maximum absolute atomic E-state index is 11.8. The molecule has 8 nitrogen and oxygen atoms in total. The molecule has 1 rings (SSSR count). The van der Waals surface area contributed by atoms with Crippen LogP contribution in [0, 0.1) is 10.1 Å². The highest BCUT2D eigenvalue weighted by Gasteiger charge is 2.18. The number of non-ortho nitro benzene ring substituents is 1. The van der Waals surface area contributed by atoms with Crippen molar-refractivity contribution in [2.24, 2.45) is 0 Å². The molecular weight excluding hydrogens is 268 g/mol. The Morgan fingerprint density at radius 1 is 1.25 bits per heavy atom. The normalized spacial score (nSPS) is 9.65. The Hall–Kier alpha value is -3.03. The summed E-state index contributed by atoms with van der Waals surface area (Å²) >= 11 is 0. The van der Waals surface area contributed by atoms with Crippen LogP contribution in [-0.4, -0.2) is 27.7 Å².